The number of benzene rings is 1. The zero-order valence-electron chi connectivity index (χ0n) is 11.1. The van der Waals surface area contributed by atoms with E-state index < -0.39 is 0 Å². The van der Waals surface area contributed by atoms with Gasteiger partial charge in [0, 0.05) is 13.1 Å². The van der Waals surface area contributed by atoms with Gasteiger partial charge in [0.05, 0.1) is 0 Å². The van der Waals surface area contributed by atoms with Crippen LogP contribution >= 0.6 is 0 Å². The standard InChI is InChI=1S/C15H24N2O/c16-8-11-18-15-7-5-6-14(12-15)13-17-9-3-1-2-4-10-17/h5-7,12H,1-4,8-11,13,16H2. The topological polar surface area (TPSA) is 38.5 Å². The second kappa shape index (κ2) is 7.39. The first kappa shape index (κ1) is 13.4. The molecule has 100 valence electrons. The van der Waals surface area contributed by atoms with Crippen LogP contribution in [0.15, 0.2) is 24.3 Å². The summed E-state index contributed by atoms with van der Waals surface area (Å²) >= 11 is 0. The summed E-state index contributed by atoms with van der Waals surface area (Å²) in [6.07, 6.45) is 5.44. The maximum atomic E-state index is 5.57. The molecule has 0 unspecified atom stereocenters. The third-order valence-corrected chi connectivity index (χ3v) is 3.39. The molecule has 3 nitrogen and oxygen atoms in total. The SMILES string of the molecule is NCCOc1cccc(CN2CCCCCC2)c1. The average molecular weight is 248 g/mol. The molecule has 1 saturated heterocycles. The Morgan fingerprint density at radius 1 is 1.11 bits per heavy atom. The van der Waals surface area contributed by atoms with Gasteiger partial charge in [-0.1, -0.05) is 25.0 Å². The van der Waals surface area contributed by atoms with E-state index in [1.165, 1.54) is 44.3 Å². The maximum Gasteiger partial charge on any atom is 0.119 e. The minimum atomic E-state index is 0.566. The summed E-state index contributed by atoms with van der Waals surface area (Å²) in [4.78, 5) is 2.55. The van der Waals surface area contributed by atoms with E-state index in [0.717, 1.165) is 12.3 Å². The van der Waals surface area contributed by atoms with Crippen LogP contribution in [0.3, 0.4) is 0 Å². The molecule has 1 heterocycles. The highest BCUT2D eigenvalue weighted by molar-refractivity contribution is 5.28. The summed E-state index contributed by atoms with van der Waals surface area (Å²) in [6, 6.07) is 8.39. The van der Waals surface area contributed by atoms with Crippen LogP contribution in [0.2, 0.25) is 0 Å². The van der Waals surface area contributed by atoms with Crippen LogP contribution in [0.1, 0.15) is 31.2 Å². The number of hydrogen-bond donors (Lipinski definition) is 1. The molecular weight excluding hydrogens is 224 g/mol. The predicted molar refractivity (Wildman–Crippen MR) is 74.7 cm³/mol. The highest BCUT2D eigenvalue weighted by Gasteiger charge is 2.09. The zero-order valence-corrected chi connectivity index (χ0v) is 11.1. The fraction of sp³-hybridized carbons (Fsp3) is 0.600. The highest BCUT2D eigenvalue weighted by atomic mass is 16.5. The minimum Gasteiger partial charge on any atom is -0.492 e. The van der Waals surface area contributed by atoms with Gasteiger partial charge in [0.2, 0.25) is 0 Å². The maximum absolute atomic E-state index is 5.57. The van der Waals surface area contributed by atoms with Crippen molar-refractivity contribution in [2.24, 2.45) is 5.73 Å². The van der Waals surface area contributed by atoms with E-state index in [-0.39, 0.29) is 0 Å². The van der Waals surface area contributed by atoms with E-state index >= 15 is 0 Å². The molecule has 0 spiro atoms. The monoisotopic (exact) mass is 248 g/mol. The van der Waals surface area contributed by atoms with E-state index in [1.54, 1.807) is 0 Å². The van der Waals surface area contributed by atoms with E-state index in [0.29, 0.717) is 13.2 Å². The van der Waals surface area contributed by atoms with E-state index in [4.69, 9.17) is 10.5 Å². The number of ether oxygens (including phenoxy) is 1. The molecule has 0 saturated carbocycles. The first-order chi connectivity index (χ1) is 8.88. The molecule has 1 aromatic rings. The van der Waals surface area contributed by atoms with Crippen molar-refractivity contribution in [1.29, 1.82) is 0 Å². The molecule has 0 radical (unpaired) electrons. The summed E-state index contributed by atoms with van der Waals surface area (Å²) in [5.74, 6) is 0.938. The van der Waals surface area contributed by atoms with Gasteiger partial charge in [-0.15, -0.1) is 0 Å². The van der Waals surface area contributed by atoms with Gasteiger partial charge in [0.1, 0.15) is 12.4 Å². The number of nitrogens with zero attached hydrogens (tertiary/aromatic N) is 1. The van der Waals surface area contributed by atoms with Gasteiger partial charge in [0.25, 0.3) is 0 Å². The fourth-order valence-corrected chi connectivity index (χ4v) is 2.46. The van der Waals surface area contributed by atoms with E-state index in [1.807, 2.05) is 6.07 Å². The van der Waals surface area contributed by atoms with Crippen molar-refractivity contribution in [3.05, 3.63) is 29.8 Å². The predicted octanol–water partition coefficient (Wildman–Crippen LogP) is 2.40. The van der Waals surface area contributed by atoms with Gasteiger partial charge < -0.3 is 10.5 Å². The van der Waals surface area contributed by atoms with Crippen molar-refractivity contribution < 1.29 is 4.74 Å². The molecular formula is C15H24N2O. The minimum absolute atomic E-state index is 0.566. The van der Waals surface area contributed by atoms with Crippen LogP contribution < -0.4 is 10.5 Å². The normalized spacial score (nSPS) is 17.4. The summed E-state index contributed by atoms with van der Waals surface area (Å²) in [5.41, 5.74) is 6.79. The Hall–Kier alpha value is -1.06. The second-order valence-electron chi connectivity index (χ2n) is 4.97. The Bertz CT molecular complexity index is 346. The largest absolute Gasteiger partial charge is 0.492 e. The lowest BCUT2D eigenvalue weighted by atomic mass is 10.2. The van der Waals surface area contributed by atoms with Crippen LogP contribution in [-0.4, -0.2) is 31.1 Å². The molecule has 1 aliphatic rings. The molecule has 2 rings (SSSR count). The van der Waals surface area contributed by atoms with Crippen LogP contribution in [0.5, 0.6) is 5.75 Å². The molecule has 2 N–H and O–H groups in total. The lowest BCUT2D eigenvalue weighted by Gasteiger charge is -2.20. The van der Waals surface area contributed by atoms with Crippen LogP contribution in [0.4, 0.5) is 0 Å². The Labute approximate surface area is 110 Å². The van der Waals surface area contributed by atoms with Crippen molar-refractivity contribution in [1.82, 2.24) is 4.90 Å². The van der Waals surface area contributed by atoms with Crippen molar-refractivity contribution in [2.75, 3.05) is 26.2 Å². The molecule has 0 amide bonds. The molecule has 0 bridgehead atoms. The first-order valence-corrected chi connectivity index (χ1v) is 7.02. The fourth-order valence-electron chi connectivity index (χ4n) is 2.46. The number of hydrogen-bond acceptors (Lipinski definition) is 3. The van der Waals surface area contributed by atoms with Gasteiger partial charge in [0.15, 0.2) is 0 Å². The summed E-state index contributed by atoms with van der Waals surface area (Å²) in [6.45, 7) is 4.66. The van der Waals surface area contributed by atoms with Gasteiger partial charge in [-0.05, 0) is 43.6 Å². The summed E-state index contributed by atoms with van der Waals surface area (Å²) in [7, 11) is 0. The number of nitrogens with two attached hydrogens (primary N) is 1. The van der Waals surface area contributed by atoms with Gasteiger partial charge >= 0.3 is 0 Å². The molecule has 1 aliphatic heterocycles. The molecule has 18 heavy (non-hydrogen) atoms. The Morgan fingerprint density at radius 2 is 1.89 bits per heavy atom. The Balaban J connectivity index is 1.91. The van der Waals surface area contributed by atoms with Crippen molar-refractivity contribution >= 4 is 0 Å². The molecule has 3 heteroatoms. The van der Waals surface area contributed by atoms with Crippen LogP contribution in [-0.2, 0) is 6.54 Å². The highest BCUT2D eigenvalue weighted by Crippen LogP contribution is 2.17. The lowest BCUT2D eigenvalue weighted by molar-refractivity contribution is 0.275. The molecule has 0 atom stereocenters. The van der Waals surface area contributed by atoms with Crippen molar-refractivity contribution in [3.63, 3.8) is 0 Å². The van der Waals surface area contributed by atoms with E-state index in [9.17, 15) is 0 Å². The second-order valence-corrected chi connectivity index (χ2v) is 4.97. The Kier molecular flexibility index (Phi) is 5.49. The average Bonchev–Trinajstić information content (AvgIpc) is 2.65. The van der Waals surface area contributed by atoms with Crippen LogP contribution in [0.25, 0.3) is 0 Å². The van der Waals surface area contributed by atoms with Gasteiger partial charge in [-0.3, -0.25) is 4.90 Å². The molecule has 0 aliphatic carbocycles. The Morgan fingerprint density at radius 3 is 2.61 bits per heavy atom. The number of rotatable bonds is 5. The zero-order chi connectivity index (χ0) is 12.6. The van der Waals surface area contributed by atoms with Crippen molar-refractivity contribution in [2.45, 2.75) is 32.2 Å². The third kappa shape index (κ3) is 4.31. The van der Waals surface area contributed by atoms with Gasteiger partial charge in [-0.2, -0.15) is 0 Å². The summed E-state index contributed by atoms with van der Waals surface area (Å²) < 4.78 is 5.57. The smallest absolute Gasteiger partial charge is 0.119 e. The summed E-state index contributed by atoms with van der Waals surface area (Å²) in [5, 5.41) is 0. The lowest BCUT2D eigenvalue weighted by Crippen LogP contribution is -2.23. The van der Waals surface area contributed by atoms with Gasteiger partial charge in [-0.25, -0.2) is 0 Å². The number of likely N-dealkylation sites (tertiary alicyclic amines) is 1. The quantitative estimate of drug-likeness (QED) is 0.869. The van der Waals surface area contributed by atoms with E-state index in [2.05, 4.69) is 23.1 Å². The van der Waals surface area contributed by atoms with Crippen molar-refractivity contribution in [3.8, 4) is 5.75 Å². The van der Waals surface area contributed by atoms with Crippen LogP contribution in [0, 0.1) is 0 Å². The molecule has 1 fully saturated rings. The first-order valence-electron chi connectivity index (χ1n) is 7.02. The molecule has 0 aromatic heterocycles. The third-order valence-electron chi connectivity index (χ3n) is 3.39. The molecule has 1 aromatic carbocycles.